The SMILES string of the molecule is Nc1nc(N2CCCCC2)nc2cccc(Cc3ccc(Cl)c(Cl)c3)c12. The molecule has 1 saturated heterocycles. The summed E-state index contributed by atoms with van der Waals surface area (Å²) in [4.78, 5) is 11.6. The predicted molar refractivity (Wildman–Crippen MR) is 109 cm³/mol. The van der Waals surface area contributed by atoms with E-state index >= 15 is 0 Å². The first kappa shape index (κ1) is 17.4. The molecule has 4 rings (SSSR count). The molecule has 0 aliphatic carbocycles. The van der Waals surface area contributed by atoms with Gasteiger partial charge in [-0.15, -0.1) is 0 Å². The maximum absolute atomic E-state index is 6.35. The third-order valence-electron chi connectivity index (χ3n) is 4.84. The fourth-order valence-corrected chi connectivity index (χ4v) is 3.84. The minimum absolute atomic E-state index is 0.534. The summed E-state index contributed by atoms with van der Waals surface area (Å²) in [5.74, 6) is 1.27. The standard InChI is InChI=1S/C20H20Cl2N4/c21-15-8-7-13(12-16(15)22)11-14-5-4-6-17-18(14)19(23)25-20(24-17)26-9-2-1-3-10-26/h4-8,12H,1-3,9-11H2,(H2,23,24,25). The maximum atomic E-state index is 6.35. The third-order valence-corrected chi connectivity index (χ3v) is 5.58. The number of rotatable bonds is 3. The number of nitrogens with zero attached hydrogens (tertiary/aromatic N) is 3. The number of piperidine rings is 1. The van der Waals surface area contributed by atoms with Gasteiger partial charge in [0, 0.05) is 18.5 Å². The van der Waals surface area contributed by atoms with Crippen molar-refractivity contribution in [2.45, 2.75) is 25.7 Å². The quantitative estimate of drug-likeness (QED) is 0.679. The van der Waals surface area contributed by atoms with E-state index in [1.165, 1.54) is 19.3 Å². The zero-order valence-corrected chi connectivity index (χ0v) is 15.9. The Bertz CT molecular complexity index is 952. The van der Waals surface area contributed by atoms with E-state index < -0.39 is 0 Å². The molecular formula is C20H20Cl2N4. The van der Waals surface area contributed by atoms with Crippen molar-refractivity contribution in [3.05, 3.63) is 57.6 Å². The molecule has 3 aromatic rings. The van der Waals surface area contributed by atoms with E-state index in [1.807, 2.05) is 30.3 Å². The van der Waals surface area contributed by atoms with E-state index in [0.29, 0.717) is 22.3 Å². The lowest BCUT2D eigenvalue weighted by Gasteiger charge is -2.27. The van der Waals surface area contributed by atoms with Gasteiger partial charge in [-0.05, 0) is 55.0 Å². The molecule has 0 spiro atoms. The average molecular weight is 387 g/mol. The lowest BCUT2D eigenvalue weighted by molar-refractivity contribution is 0.569. The second-order valence-electron chi connectivity index (χ2n) is 6.69. The number of halogens is 2. The van der Waals surface area contributed by atoms with Gasteiger partial charge in [0.05, 0.1) is 15.6 Å². The molecule has 0 saturated carbocycles. The fourth-order valence-electron chi connectivity index (χ4n) is 3.52. The minimum Gasteiger partial charge on any atom is -0.383 e. The molecule has 6 heteroatoms. The zero-order valence-electron chi connectivity index (χ0n) is 14.4. The summed E-state index contributed by atoms with van der Waals surface area (Å²) in [7, 11) is 0. The number of nitrogens with two attached hydrogens (primary N) is 1. The zero-order chi connectivity index (χ0) is 18.1. The van der Waals surface area contributed by atoms with Crippen LogP contribution in [0.4, 0.5) is 11.8 Å². The molecular weight excluding hydrogens is 367 g/mol. The predicted octanol–water partition coefficient (Wildman–Crippen LogP) is 5.10. The highest BCUT2D eigenvalue weighted by Crippen LogP contribution is 2.29. The largest absolute Gasteiger partial charge is 0.383 e. The second-order valence-corrected chi connectivity index (χ2v) is 7.51. The van der Waals surface area contributed by atoms with Crippen LogP contribution < -0.4 is 10.6 Å². The van der Waals surface area contributed by atoms with E-state index in [4.69, 9.17) is 33.9 Å². The molecule has 0 radical (unpaired) electrons. The Balaban J connectivity index is 1.72. The van der Waals surface area contributed by atoms with E-state index in [9.17, 15) is 0 Å². The van der Waals surface area contributed by atoms with Gasteiger partial charge in [-0.1, -0.05) is 41.4 Å². The van der Waals surface area contributed by atoms with Gasteiger partial charge >= 0.3 is 0 Å². The van der Waals surface area contributed by atoms with Gasteiger partial charge in [0.25, 0.3) is 0 Å². The lowest BCUT2D eigenvalue weighted by Crippen LogP contribution is -2.31. The minimum atomic E-state index is 0.534. The first-order valence-corrected chi connectivity index (χ1v) is 9.61. The van der Waals surface area contributed by atoms with Crippen LogP contribution >= 0.6 is 23.2 Å². The van der Waals surface area contributed by atoms with Gasteiger partial charge in [-0.2, -0.15) is 4.98 Å². The van der Waals surface area contributed by atoms with Crippen LogP contribution in [0.25, 0.3) is 10.9 Å². The molecule has 0 atom stereocenters. The van der Waals surface area contributed by atoms with Crippen LogP contribution in [0.15, 0.2) is 36.4 Å². The van der Waals surface area contributed by atoms with Crippen LogP contribution in [0, 0.1) is 0 Å². The Labute approximate surface area is 162 Å². The molecule has 134 valence electrons. The number of benzene rings is 2. The molecule has 1 aromatic heterocycles. The van der Waals surface area contributed by atoms with Crippen molar-refractivity contribution in [1.29, 1.82) is 0 Å². The Morgan fingerprint density at radius 2 is 1.77 bits per heavy atom. The van der Waals surface area contributed by atoms with Crippen molar-refractivity contribution in [1.82, 2.24) is 9.97 Å². The fraction of sp³-hybridized carbons (Fsp3) is 0.300. The van der Waals surface area contributed by atoms with Crippen LogP contribution in [-0.2, 0) is 6.42 Å². The monoisotopic (exact) mass is 386 g/mol. The van der Waals surface area contributed by atoms with Crippen LogP contribution in [0.5, 0.6) is 0 Å². The number of aromatic nitrogens is 2. The Morgan fingerprint density at radius 3 is 2.54 bits per heavy atom. The van der Waals surface area contributed by atoms with Gasteiger partial charge in [0.1, 0.15) is 5.82 Å². The molecule has 1 aliphatic rings. The number of anilines is 2. The molecule has 1 fully saturated rings. The van der Waals surface area contributed by atoms with Crippen molar-refractivity contribution < 1.29 is 0 Å². The Morgan fingerprint density at radius 1 is 0.962 bits per heavy atom. The number of nitrogen functional groups attached to an aromatic ring is 1. The number of fused-ring (bicyclic) bond motifs is 1. The highest BCUT2D eigenvalue weighted by atomic mass is 35.5. The molecule has 0 unspecified atom stereocenters. The summed E-state index contributed by atoms with van der Waals surface area (Å²) in [5, 5.41) is 2.03. The van der Waals surface area contributed by atoms with Crippen molar-refractivity contribution in [3.8, 4) is 0 Å². The molecule has 0 amide bonds. The van der Waals surface area contributed by atoms with Crippen molar-refractivity contribution in [3.63, 3.8) is 0 Å². The molecule has 1 aliphatic heterocycles. The summed E-state index contributed by atoms with van der Waals surface area (Å²) < 4.78 is 0. The van der Waals surface area contributed by atoms with E-state index in [0.717, 1.165) is 41.1 Å². The molecule has 2 aromatic carbocycles. The first-order valence-electron chi connectivity index (χ1n) is 8.86. The highest BCUT2D eigenvalue weighted by Gasteiger charge is 2.17. The highest BCUT2D eigenvalue weighted by molar-refractivity contribution is 6.42. The Kier molecular flexibility index (Phi) is 4.88. The normalized spacial score (nSPS) is 14.8. The third kappa shape index (κ3) is 3.44. The Hall–Kier alpha value is -2.04. The first-order chi connectivity index (χ1) is 12.6. The van der Waals surface area contributed by atoms with Crippen molar-refractivity contribution in [2.75, 3.05) is 23.7 Å². The smallest absolute Gasteiger partial charge is 0.227 e. The van der Waals surface area contributed by atoms with Crippen LogP contribution in [-0.4, -0.2) is 23.1 Å². The second kappa shape index (κ2) is 7.29. The summed E-state index contributed by atoms with van der Waals surface area (Å²) in [6, 6.07) is 11.8. The van der Waals surface area contributed by atoms with Gasteiger partial charge < -0.3 is 10.6 Å². The van der Waals surface area contributed by atoms with Gasteiger partial charge in [-0.25, -0.2) is 4.98 Å². The van der Waals surface area contributed by atoms with Gasteiger partial charge in [-0.3, -0.25) is 0 Å². The summed E-state index contributed by atoms with van der Waals surface area (Å²) in [5.41, 5.74) is 9.39. The van der Waals surface area contributed by atoms with E-state index in [1.54, 1.807) is 0 Å². The van der Waals surface area contributed by atoms with E-state index in [-0.39, 0.29) is 0 Å². The van der Waals surface area contributed by atoms with Crippen LogP contribution in [0.2, 0.25) is 10.0 Å². The average Bonchev–Trinajstić information content (AvgIpc) is 2.65. The topological polar surface area (TPSA) is 55.0 Å². The van der Waals surface area contributed by atoms with Crippen LogP contribution in [0.1, 0.15) is 30.4 Å². The molecule has 2 heterocycles. The maximum Gasteiger partial charge on any atom is 0.227 e. The summed E-state index contributed by atoms with van der Waals surface area (Å²) >= 11 is 12.2. The lowest BCUT2D eigenvalue weighted by atomic mass is 10.0. The summed E-state index contributed by atoms with van der Waals surface area (Å²) in [6.45, 7) is 1.99. The number of hydrogen-bond donors (Lipinski definition) is 1. The number of hydrogen-bond acceptors (Lipinski definition) is 4. The van der Waals surface area contributed by atoms with Crippen molar-refractivity contribution >= 4 is 45.9 Å². The van der Waals surface area contributed by atoms with Gasteiger partial charge in [0.2, 0.25) is 5.95 Å². The van der Waals surface area contributed by atoms with Crippen molar-refractivity contribution in [2.24, 2.45) is 0 Å². The molecule has 0 bridgehead atoms. The van der Waals surface area contributed by atoms with Crippen LogP contribution in [0.3, 0.4) is 0 Å². The van der Waals surface area contributed by atoms with E-state index in [2.05, 4.69) is 16.0 Å². The molecule has 4 nitrogen and oxygen atoms in total. The van der Waals surface area contributed by atoms with Gasteiger partial charge in [0.15, 0.2) is 0 Å². The molecule has 2 N–H and O–H groups in total. The summed E-state index contributed by atoms with van der Waals surface area (Å²) in [6.07, 6.45) is 4.33. The molecule has 26 heavy (non-hydrogen) atoms.